The van der Waals surface area contributed by atoms with E-state index in [2.05, 4.69) is 10.6 Å². The zero-order chi connectivity index (χ0) is 17.9. The van der Waals surface area contributed by atoms with E-state index in [9.17, 15) is 18.0 Å². The Labute approximate surface area is 144 Å². The van der Waals surface area contributed by atoms with Gasteiger partial charge in [0.1, 0.15) is 0 Å². The van der Waals surface area contributed by atoms with Gasteiger partial charge in [-0.1, -0.05) is 17.7 Å². The highest BCUT2D eigenvalue weighted by Gasteiger charge is 2.14. The minimum Gasteiger partial charge on any atom is -0.325 e. The number of sulfone groups is 1. The predicted molar refractivity (Wildman–Crippen MR) is 93.3 cm³/mol. The Morgan fingerprint density at radius 2 is 1.71 bits per heavy atom. The van der Waals surface area contributed by atoms with Gasteiger partial charge < -0.3 is 10.6 Å². The number of benzene rings is 2. The van der Waals surface area contributed by atoms with Gasteiger partial charge in [-0.05, 0) is 36.4 Å². The molecule has 0 fully saturated rings. The van der Waals surface area contributed by atoms with Crippen LogP contribution in [0.5, 0.6) is 0 Å². The van der Waals surface area contributed by atoms with Crippen LogP contribution in [0.4, 0.5) is 11.4 Å². The van der Waals surface area contributed by atoms with Crippen LogP contribution in [0, 0.1) is 0 Å². The van der Waals surface area contributed by atoms with Crippen molar-refractivity contribution >= 4 is 44.6 Å². The number of amides is 2. The fraction of sp³-hybridized carbons (Fsp3) is 0.125. The van der Waals surface area contributed by atoms with Gasteiger partial charge in [-0.3, -0.25) is 9.59 Å². The smallest absolute Gasteiger partial charge is 0.255 e. The van der Waals surface area contributed by atoms with Crippen LogP contribution in [-0.4, -0.2) is 26.5 Å². The fourth-order valence-corrected chi connectivity index (χ4v) is 2.82. The number of anilines is 2. The highest BCUT2D eigenvalue weighted by atomic mass is 35.5. The molecule has 0 atom stereocenters. The molecule has 0 aliphatic carbocycles. The first-order valence-electron chi connectivity index (χ1n) is 6.85. The molecule has 0 saturated carbocycles. The molecular weight excluding hydrogens is 352 g/mol. The summed E-state index contributed by atoms with van der Waals surface area (Å²) in [6.07, 6.45) is 1.07. The summed E-state index contributed by atoms with van der Waals surface area (Å²) in [6.45, 7) is 1.34. The summed E-state index contributed by atoms with van der Waals surface area (Å²) in [6, 6.07) is 10.3. The van der Waals surface area contributed by atoms with Crippen LogP contribution in [0.1, 0.15) is 17.3 Å². The second-order valence-electron chi connectivity index (χ2n) is 5.13. The monoisotopic (exact) mass is 366 g/mol. The maximum absolute atomic E-state index is 12.4. The molecule has 0 aliphatic heterocycles. The fourth-order valence-electron chi connectivity index (χ4n) is 1.98. The van der Waals surface area contributed by atoms with Crippen molar-refractivity contribution in [3.8, 4) is 0 Å². The standard InChI is InChI=1S/C16H15ClN2O4S/c1-10(20)18-14-7-6-12(17)9-15(14)19-16(21)11-4-3-5-13(8-11)24(2,22)23/h3-9H,1-2H3,(H,18,20)(H,19,21). The van der Waals surface area contributed by atoms with E-state index in [1.807, 2.05) is 0 Å². The lowest BCUT2D eigenvalue weighted by Crippen LogP contribution is -2.15. The summed E-state index contributed by atoms with van der Waals surface area (Å²) in [5.74, 6) is -0.818. The zero-order valence-electron chi connectivity index (χ0n) is 13.0. The molecule has 2 aromatic rings. The lowest BCUT2D eigenvalue weighted by molar-refractivity contribution is -0.114. The van der Waals surface area contributed by atoms with Gasteiger partial charge in [0.25, 0.3) is 5.91 Å². The number of hydrogen-bond donors (Lipinski definition) is 2. The SMILES string of the molecule is CC(=O)Nc1ccc(Cl)cc1NC(=O)c1cccc(S(C)(=O)=O)c1. The van der Waals surface area contributed by atoms with Gasteiger partial charge in [0.05, 0.1) is 16.3 Å². The van der Waals surface area contributed by atoms with Crippen LogP contribution in [-0.2, 0) is 14.6 Å². The van der Waals surface area contributed by atoms with E-state index in [1.165, 1.54) is 37.3 Å². The summed E-state index contributed by atoms with van der Waals surface area (Å²) in [7, 11) is -3.42. The minimum atomic E-state index is -3.42. The number of hydrogen-bond acceptors (Lipinski definition) is 4. The summed E-state index contributed by atoms with van der Waals surface area (Å²) in [5, 5.41) is 5.58. The molecule has 0 radical (unpaired) electrons. The van der Waals surface area contributed by atoms with Crippen LogP contribution in [0.2, 0.25) is 5.02 Å². The van der Waals surface area contributed by atoms with Crippen LogP contribution in [0.15, 0.2) is 47.4 Å². The molecule has 126 valence electrons. The average molecular weight is 367 g/mol. The summed E-state index contributed by atoms with van der Waals surface area (Å²) >= 11 is 5.92. The van der Waals surface area contributed by atoms with Gasteiger partial charge >= 0.3 is 0 Å². The molecule has 24 heavy (non-hydrogen) atoms. The van der Waals surface area contributed by atoms with E-state index in [0.29, 0.717) is 16.4 Å². The molecule has 0 aromatic heterocycles. The molecule has 2 amide bonds. The van der Waals surface area contributed by atoms with E-state index >= 15 is 0 Å². The second-order valence-corrected chi connectivity index (χ2v) is 7.58. The van der Waals surface area contributed by atoms with Gasteiger partial charge in [0.2, 0.25) is 5.91 Å². The molecular formula is C16H15ClN2O4S. The van der Waals surface area contributed by atoms with Gasteiger partial charge in [0, 0.05) is 23.8 Å². The Bertz CT molecular complexity index is 910. The van der Waals surface area contributed by atoms with Crippen molar-refractivity contribution in [1.82, 2.24) is 0 Å². The molecule has 6 nitrogen and oxygen atoms in total. The van der Waals surface area contributed by atoms with E-state index in [1.54, 1.807) is 12.1 Å². The molecule has 0 heterocycles. The summed E-state index contributed by atoms with van der Waals surface area (Å²) in [5.41, 5.74) is 0.874. The first kappa shape index (κ1) is 18.0. The summed E-state index contributed by atoms with van der Waals surface area (Å²) < 4.78 is 23.2. The number of halogens is 1. The number of rotatable bonds is 4. The van der Waals surface area contributed by atoms with Crippen molar-refractivity contribution in [2.75, 3.05) is 16.9 Å². The highest BCUT2D eigenvalue weighted by Crippen LogP contribution is 2.26. The molecule has 0 spiro atoms. The largest absolute Gasteiger partial charge is 0.325 e. The molecule has 2 N–H and O–H groups in total. The Morgan fingerprint density at radius 3 is 2.33 bits per heavy atom. The molecule has 0 aliphatic rings. The number of carbonyl (C=O) groups excluding carboxylic acids is 2. The molecule has 8 heteroatoms. The topological polar surface area (TPSA) is 92.3 Å². The number of nitrogens with one attached hydrogen (secondary N) is 2. The van der Waals surface area contributed by atoms with E-state index in [0.717, 1.165) is 6.26 Å². The third kappa shape index (κ3) is 4.56. The Balaban J connectivity index is 2.33. The van der Waals surface area contributed by atoms with Gasteiger partial charge in [0.15, 0.2) is 9.84 Å². The quantitative estimate of drug-likeness (QED) is 0.870. The van der Waals surface area contributed by atoms with E-state index < -0.39 is 15.7 Å². The average Bonchev–Trinajstić information content (AvgIpc) is 2.49. The lowest BCUT2D eigenvalue weighted by atomic mass is 10.2. The van der Waals surface area contributed by atoms with E-state index in [4.69, 9.17) is 11.6 Å². The van der Waals surface area contributed by atoms with Crippen molar-refractivity contribution in [1.29, 1.82) is 0 Å². The van der Waals surface area contributed by atoms with Crippen LogP contribution >= 0.6 is 11.6 Å². The van der Waals surface area contributed by atoms with Crippen molar-refractivity contribution < 1.29 is 18.0 Å². The maximum Gasteiger partial charge on any atom is 0.255 e. The van der Waals surface area contributed by atoms with Crippen LogP contribution < -0.4 is 10.6 Å². The maximum atomic E-state index is 12.4. The van der Waals surface area contributed by atoms with Crippen molar-refractivity contribution in [2.24, 2.45) is 0 Å². The normalized spacial score (nSPS) is 11.0. The van der Waals surface area contributed by atoms with E-state index in [-0.39, 0.29) is 16.4 Å². The Kier molecular flexibility index (Phi) is 5.26. The first-order valence-corrected chi connectivity index (χ1v) is 9.12. The molecule has 0 unspecified atom stereocenters. The lowest BCUT2D eigenvalue weighted by Gasteiger charge is -2.12. The highest BCUT2D eigenvalue weighted by molar-refractivity contribution is 7.90. The van der Waals surface area contributed by atoms with Crippen molar-refractivity contribution in [3.63, 3.8) is 0 Å². The first-order chi connectivity index (χ1) is 11.2. The molecule has 2 rings (SSSR count). The van der Waals surface area contributed by atoms with Gasteiger partial charge in [-0.15, -0.1) is 0 Å². The van der Waals surface area contributed by atoms with Crippen LogP contribution in [0.3, 0.4) is 0 Å². The molecule has 0 bridgehead atoms. The Hall–Kier alpha value is -2.38. The minimum absolute atomic E-state index is 0.0447. The van der Waals surface area contributed by atoms with Crippen molar-refractivity contribution in [2.45, 2.75) is 11.8 Å². The zero-order valence-corrected chi connectivity index (χ0v) is 14.5. The molecule has 0 saturated heterocycles. The predicted octanol–water partition coefficient (Wildman–Crippen LogP) is 2.95. The second kappa shape index (κ2) is 7.02. The number of carbonyl (C=O) groups is 2. The summed E-state index contributed by atoms with van der Waals surface area (Å²) in [4.78, 5) is 23.7. The Morgan fingerprint density at radius 1 is 1.00 bits per heavy atom. The van der Waals surface area contributed by atoms with Gasteiger partial charge in [-0.2, -0.15) is 0 Å². The van der Waals surface area contributed by atoms with Crippen LogP contribution in [0.25, 0.3) is 0 Å². The van der Waals surface area contributed by atoms with Gasteiger partial charge in [-0.25, -0.2) is 8.42 Å². The van der Waals surface area contributed by atoms with Crippen molar-refractivity contribution in [3.05, 3.63) is 53.1 Å². The molecule has 2 aromatic carbocycles. The third-order valence-corrected chi connectivity index (χ3v) is 4.41. The third-order valence-electron chi connectivity index (χ3n) is 3.06.